The van der Waals surface area contributed by atoms with Crippen LogP contribution in [0.4, 0.5) is 4.39 Å². The van der Waals surface area contributed by atoms with Gasteiger partial charge < -0.3 is 14.8 Å². The number of carboxylic acids is 1. The number of ether oxygens (including phenoxy) is 1. The van der Waals surface area contributed by atoms with Crippen LogP contribution in [0.25, 0.3) is 22.2 Å². The van der Waals surface area contributed by atoms with Gasteiger partial charge in [0, 0.05) is 34.6 Å². The van der Waals surface area contributed by atoms with Gasteiger partial charge >= 0.3 is 5.97 Å². The van der Waals surface area contributed by atoms with Crippen LogP contribution < -0.4 is 4.74 Å². The van der Waals surface area contributed by atoms with Crippen molar-refractivity contribution in [1.29, 1.82) is 0 Å². The molecule has 0 saturated carbocycles. The highest BCUT2D eigenvalue weighted by molar-refractivity contribution is 5.92. The van der Waals surface area contributed by atoms with Crippen LogP contribution in [-0.2, 0) is 6.42 Å². The molecule has 0 aliphatic rings. The smallest absolute Gasteiger partial charge is 0.354 e. The van der Waals surface area contributed by atoms with Gasteiger partial charge in [0.2, 0.25) is 0 Å². The Morgan fingerprint density at radius 1 is 1.13 bits per heavy atom. The predicted octanol–water partition coefficient (Wildman–Crippen LogP) is 5.28. The van der Waals surface area contributed by atoms with E-state index in [4.69, 9.17) is 4.74 Å². The lowest BCUT2D eigenvalue weighted by molar-refractivity contribution is 0.0690. The van der Waals surface area contributed by atoms with E-state index < -0.39 is 5.97 Å². The van der Waals surface area contributed by atoms with Crippen molar-refractivity contribution in [2.24, 2.45) is 0 Å². The summed E-state index contributed by atoms with van der Waals surface area (Å²) < 4.78 is 19.4. The number of pyridine rings is 1. The summed E-state index contributed by atoms with van der Waals surface area (Å²) in [5.74, 6) is -0.586. The molecule has 5 nitrogen and oxygen atoms in total. The molecule has 0 atom stereocenters. The van der Waals surface area contributed by atoms with Gasteiger partial charge in [-0.05, 0) is 66.9 Å². The highest BCUT2D eigenvalue weighted by Gasteiger charge is 2.18. The van der Waals surface area contributed by atoms with Gasteiger partial charge in [0.15, 0.2) is 0 Å². The van der Waals surface area contributed by atoms with Crippen LogP contribution in [0, 0.1) is 19.7 Å². The number of halogens is 1. The minimum absolute atomic E-state index is 0.00404. The zero-order valence-corrected chi connectivity index (χ0v) is 16.9. The van der Waals surface area contributed by atoms with Crippen LogP contribution in [0.3, 0.4) is 0 Å². The minimum atomic E-state index is -1.06. The number of hydrogen-bond donors (Lipinski definition) is 2. The fraction of sp³-hybridized carbons (Fsp3) is 0.167. The molecule has 2 aromatic carbocycles. The van der Waals surface area contributed by atoms with Crippen molar-refractivity contribution in [1.82, 2.24) is 9.97 Å². The van der Waals surface area contributed by atoms with E-state index in [9.17, 15) is 14.3 Å². The Hall–Kier alpha value is -3.67. The van der Waals surface area contributed by atoms with Gasteiger partial charge in [0.05, 0.1) is 12.8 Å². The van der Waals surface area contributed by atoms with E-state index >= 15 is 0 Å². The Labute approximate surface area is 173 Å². The summed E-state index contributed by atoms with van der Waals surface area (Å²) >= 11 is 0. The van der Waals surface area contributed by atoms with Crippen LogP contribution in [0.1, 0.15) is 32.9 Å². The maximum atomic E-state index is 14.1. The Bertz CT molecular complexity index is 1280. The number of hydrogen-bond acceptors (Lipinski definition) is 3. The first-order chi connectivity index (χ1) is 14.4. The summed E-state index contributed by atoms with van der Waals surface area (Å²) in [6.45, 7) is 3.66. The molecule has 0 spiro atoms. The van der Waals surface area contributed by atoms with Crippen molar-refractivity contribution >= 4 is 16.9 Å². The summed E-state index contributed by atoms with van der Waals surface area (Å²) in [4.78, 5) is 19.1. The van der Waals surface area contributed by atoms with Gasteiger partial charge in [-0.2, -0.15) is 0 Å². The van der Waals surface area contributed by atoms with E-state index in [1.165, 1.54) is 12.1 Å². The van der Waals surface area contributed by atoms with Crippen LogP contribution in [0.5, 0.6) is 5.75 Å². The van der Waals surface area contributed by atoms with Crippen LogP contribution in [-0.4, -0.2) is 28.2 Å². The summed E-state index contributed by atoms with van der Waals surface area (Å²) in [6.07, 6.45) is 0.429. The molecule has 0 amide bonds. The third kappa shape index (κ3) is 3.41. The first-order valence-corrected chi connectivity index (χ1v) is 9.53. The normalized spacial score (nSPS) is 11.1. The molecule has 0 bridgehead atoms. The fourth-order valence-electron chi connectivity index (χ4n) is 3.71. The number of carbonyl (C=O) groups is 1. The van der Waals surface area contributed by atoms with Gasteiger partial charge in [-0.3, -0.25) is 0 Å². The number of carboxylic acid groups (broad SMARTS) is 1. The third-order valence-electron chi connectivity index (χ3n) is 5.49. The van der Waals surface area contributed by atoms with Gasteiger partial charge in [-0.1, -0.05) is 6.07 Å². The van der Waals surface area contributed by atoms with E-state index in [2.05, 4.69) is 9.97 Å². The van der Waals surface area contributed by atoms with E-state index in [1.54, 1.807) is 32.2 Å². The quantitative estimate of drug-likeness (QED) is 0.474. The lowest BCUT2D eigenvalue weighted by atomic mass is 9.95. The molecule has 152 valence electrons. The number of methoxy groups -OCH3 is 1. The molecule has 0 aliphatic carbocycles. The highest BCUT2D eigenvalue weighted by atomic mass is 19.1. The number of fused-ring (bicyclic) bond motifs is 1. The number of H-pyrrole nitrogens is 1. The summed E-state index contributed by atoms with van der Waals surface area (Å²) in [5, 5.41) is 10.3. The SMILES string of the molecule is COc1ccc2c(Cc3cccc(C(=O)O)n3)c(-c3ccc(F)c(C)c3C)[nH]c2c1. The van der Waals surface area contributed by atoms with E-state index in [0.717, 1.165) is 39.0 Å². The molecular weight excluding hydrogens is 383 g/mol. The topological polar surface area (TPSA) is 75.2 Å². The Morgan fingerprint density at radius 2 is 1.93 bits per heavy atom. The molecule has 0 radical (unpaired) electrons. The lowest BCUT2D eigenvalue weighted by Crippen LogP contribution is -2.03. The van der Waals surface area contributed by atoms with Crippen LogP contribution in [0.15, 0.2) is 48.5 Å². The summed E-state index contributed by atoms with van der Waals surface area (Å²) in [7, 11) is 1.61. The highest BCUT2D eigenvalue weighted by Crippen LogP contribution is 2.36. The maximum Gasteiger partial charge on any atom is 0.354 e. The second-order valence-corrected chi connectivity index (χ2v) is 7.23. The average molecular weight is 404 g/mol. The molecule has 0 saturated heterocycles. The summed E-state index contributed by atoms with van der Waals surface area (Å²) in [6, 6.07) is 14.0. The first kappa shape index (κ1) is 19.6. The largest absolute Gasteiger partial charge is 0.497 e. The van der Waals surface area contributed by atoms with Crippen molar-refractivity contribution in [2.75, 3.05) is 7.11 Å². The Balaban J connectivity index is 1.93. The standard InChI is InChI=1S/C24H21FN2O3/c1-13-14(2)20(25)10-9-17(13)23-19(11-15-5-4-6-21(26-15)24(28)29)18-8-7-16(30-3)12-22(18)27-23/h4-10,12,27H,11H2,1-3H3,(H,28,29). The van der Waals surface area contributed by atoms with E-state index in [0.29, 0.717) is 17.7 Å². The molecule has 2 heterocycles. The van der Waals surface area contributed by atoms with Crippen molar-refractivity contribution in [2.45, 2.75) is 20.3 Å². The van der Waals surface area contributed by atoms with Crippen molar-refractivity contribution in [3.63, 3.8) is 0 Å². The average Bonchev–Trinajstić information content (AvgIpc) is 3.09. The summed E-state index contributed by atoms with van der Waals surface area (Å²) in [5.41, 5.74) is 5.71. The van der Waals surface area contributed by atoms with Crippen molar-refractivity contribution in [3.05, 3.63) is 82.4 Å². The van der Waals surface area contributed by atoms with E-state index in [-0.39, 0.29) is 11.5 Å². The molecule has 2 aromatic heterocycles. The second-order valence-electron chi connectivity index (χ2n) is 7.23. The molecule has 2 N–H and O–H groups in total. The maximum absolute atomic E-state index is 14.1. The molecule has 0 unspecified atom stereocenters. The number of benzene rings is 2. The molecule has 0 fully saturated rings. The van der Waals surface area contributed by atoms with Crippen LogP contribution in [0.2, 0.25) is 0 Å². The number of rotatable bonds is 5. The molecule has 4 aromatic rings. The number of aromatic carboxylic acids is 1. The number of nitrogens with zero attached hydrogens (tertiary/aromatic N) is 1. The Morgan fingerprint density at radius 3 is 2.67 bits per heavy atom. The predicted molar refractivity (Wildman–Crippen MR) is 114 cm³/mol. The minimum Gasteiger partial charge on any atom is -0.497 e. The number of aromatic nitrogens is 2. The molecule has 30 heavy (non-hydrogen) atoms. The number of aromatic amines is 1. The first-order valence-electron chi connectivity index (χ1n) is 9.53. The fourth-order valence-corrected chi connectivity index (χ4v) is 3.71. The zero-order valence-electron chi connectivity index (χ0n) is 16.9. The zero-order chi connectivity index (χ0) is 21.4. The van der Waals surface area contributed by atoms with Crippen molar-refractivity contribution < 1.29 is 19.0 Å². The van der Waals surface area contributed by atoms with Gasteiger partial charge in [-0.15, -0.1) is 0 Å². The molecular formula is C24H21FN2O3. The van der Waals surface area contributed by atoms with Gasteiger partial charge in [0.25, 0.3) is 0 Å². The molecule has 0 aliphatic heterocycles. The van der Waals surface area contributed by atoms with Gasteiger partial charge in [0.1, 0.15) is 17.3 Å². The molecule has 4 rings (SSSR count). The van der Waals surface area contributed by atoms with Gasteiger partial charge in [-0.25, -0.2) is 14.2 Å². The number of nitrogens with one attached hydrogen (secondary N) is 1. The van der Waals surface area contributed by atoms with E-state index in [1.807, 2.05) is 25.1 Å². The second kappa shape index (κ2) is 7.63. The van der Waals surface area contributed by atoms with Crippen molar-refractivity contribution in [3.8, 4) is 17.0 Å². The lowest BCUT2D eigenvalue weighted by Gasteiger charge is -2.11. The van der Waals surface area contributed by atoms with Crippen LogP contribution >= 0.6 is 0 Å². The Kier molecular flexibility index (Phi) is 4.99. The monoisotopic (exact) mass is 404 g/mol. The third-order valence-corrected chi connectivity index (χ3v) is 5.49. The molecule has 6 heteroatoms.